The maximum absolute atomic E-state index is 6.08. The van der Waals surface area contributed by atoms with E-state index >= 15 is 0 Å². The van der Waals surface area contributed by atoms with Gasteiger partial charge in [0.1, 0.15) is 0 Å². The number of nitrogens with one attached hydrogen (secondary N) is 3. The number of hydrogen-bond acceptors (Lipinski definition) is 4. The minimum Gasteiger partial charge on any atom is -0.282 e. The zero-order chi connectivity index (χ0) is 16.8. The second kappa shape index (κ2) is 8.90. The van der Waals surface area contributed by atoms with E-state index in [9.17, 15) is 0 Å². The van der Waals surface area contributed by atoms with Crippen LogP contribution in [0.3, 0.4) is 0 Å². The highest BCUT2D eigenvalue weighted by molar-refractivity contribution is 7.95. The Labute approximate surface area is 153 Å². The molecule has 1 aromatic carbocycles. The fraction of sp³-hybridized carbons (Fsp3) is 0.500. The molecule has 3 rings (SSSR count). The molecule has 3 N–H and O–H groups in total. The van der Waals surface area contributed by atoms with Crippen LogP contribution in [-0.2, 0) is 0 Å². The number of benzene rings is 1. The Hall–Kier alpha value is -1.01. The smallest absolute Gasteiger partial charge is 0.0924 e. The predicted octanol–water partition coefficient (Wildman–Crippen LogP) is 4.91. The summed E-state index contributed by atoms with van der Waals surface area (Å²) in [4.78, 5) is 0. The average molecular weight is 365 g/mol. The summed E-state index contributed by atoms with van der Waals surface area (Å²) in [6.45, 7) is 3.23. The van der Waals surface area contributed by atoms with Crippen molar-refractivity contribution < 1.29 is 0 Å². The second-order valence-corrected chi connectivity index (χ2v) is 7.55. The monoisotopic (exact) mass is 364 g/mol. The number of hydrogen-bond donors (Lipinski definition) is 3. The van der Waals surface area contributed by atoms with Crippen LogP contribution in [0, 0.1) is 0 Å². The molecule has 1 aliphatic rings. The highest BCUT2D eigenvalue weighted by atomic mass is 35.5. The molecular weight excluding hydrogens is 340 g/mol. The fourth-order valence-electron chi connectivity index (χ4n) is 3.14. The average Bonchev–Trinajstić information content (AvgIpc) is 3.09. The van der Waals surface area contributed by atoms with E-state index in [4.69, 9.17) is 11.6 Å². The molecule has 1 fully saturated rings. The predicted molar refractivity (Wildman–Crippen MR) is 103 cm³/mol. The van der Waals surface area contributed by atoms with Crippen molar-refractivity contribution in [3.05, 3.63) is 41.0 Å². The van der Waals surface area contributed by atoms with Gasteiger partial charge in [0.25, 0.3) is 0 Å². The van der Waals surface area contributed by atoms with E-state index in [1.165, 1.54) is 31.4 Å². The normalized spacial score (nSPS) is 21.1. The van der Waals surface area contributed by atoms with Crippen LogP contribution in [0.1, 0.15) is 50.6 Å². The molecule has 2 aromatic rings. The van der Waals surface area contributed by atoms with Gasteiger partial charge in [0.15, 0.2) is 0 Å². The van der Waals surface area contributed by atoms with Gasteiger partial charge < -0.3 is 0 Å². The van der Waals surface area contributed by atoms with Gasteiger partial charge in [0.05, 0.1) is 5.69 Å². The van der Waals surface area contributed by atoms with Crippen molar-refractivity contribution >= 4 is 23.7 Å². The van der Waals surface area contributed by atoms with E-state index in [-0.39, 0.29) is 0 Å². The van der Waals surface area contributed by atoms with E-state index in [1.54, 1.807) is 12.1 Å². The molecule has 0 aliphatic heterocycles. The van der Waals surface area contributed by atoms with Crippen molar-refractivity contribution in [3.8, 4) is 11.3 Å². The molecule has 0 saturated heterocycles. The standard InChI is InChI=1S/C18H25ClN4S/c1-2-10-20-24-23-16-8-6-13(7-9-16)17-12-18(22-21-17)14-4-3-5-15(19)11-14/h3-5,11-13,16,20,23H,2,6-10H2,1H3,(H,21,22). The van der Waals surface area contributed by atoms with E-state index in [1.807, 2.05) is 24.3 Å². The number of H-pyrrole nitrogens is 1. The van der Waals surface area contributed by atoms with Crippen LogP contribution in [0.5, 0.6) is 0 Å². The highest BCUT2D eigenvalue weighted by Crippen LogP contribution is 2.34. The van der Waals surface area contributed by atoms with Crippen LogP contribution in [0.4, 0.5) is 0 Å². The van der Waals surface area contributed by atoms with Crippen LogP contribution in [0.15, 0.2) is 30.3 Å². The largest absolute Gasteiger partial charge is 0.282 e. The van der Waals surface area contributed by atoms with Gasteiger partial charge in [0, 0.05) is 46.9 Å². The minimum absolute atomic E-state index is 0.581. The zero-order valence-corrected chi connectivity index (χ0v) is 15.6. The second-order valence-electron chi connectivity index (χ2n) is 6.38. The third-order valence-corrected chi connectivity index (χ3v) is 5.57. The molecule has 0 spiro atoms. The quantitative estimate of drug-likeness (QED) is 0.482. The highest BCUT2D eigenvalue weighted by Gasteiger charge is 2.23. The van der Waals surface area contributed by atoms with Gasteiger partial charge in [-0.05, 0) is 50.3 Å². The summed E-state index contributed by atoms with van der Waals surface area (Å²) in [7, 11) is 0. The first-order valence-electron chi connectivity index (χ1n) is 8.71. The van der Waals surface area contributed by atoms with Crippen LogP contribution >= 0.6 is 23.7 Å². The summed E-state index contributed by atoms with van der Waals surface area (Å²) in [5.74, 6) is 0.581. The molecule has 130 valence electrons. The summed E-state index contributed by atoms with van der Waals surface area (Å²) in [6, 6.07) is 10.6. The van der Waals surface area contributed by atoms with Crippen LogP contribution < -0.4 is 9.44 Å². The molecule has 1 aromatic heterocycles. The van der Waals surface area contributed by atoms with Gasteiger partial charge >= 0.3 is 0 Å². The van der Waals surface area contributed by atoms with Gasteiger partial charge in [-0.1, -0.05) is 30.7 Å². The lowest BCUT2D eigenvalue weighted by Gasteiger charge is -2.28. The van der Waals surface area contributed by atoms with Gasteiger partial charge in [-0.3, -0.25) is 9.82 Å². The Balaban J connectivity index is 1.52. The van der Waals surface area contributed by atoms with Gasteiger partial charge in [-0.15, -0.1) is 0 Å². The molecule has 0 atom stereocenters. The third kappa shape index (κ3) is 4.76. The zero-order valence-electron chi connectivity index (χ0n) is 14.0. The lowest BCUT2D eigenvalue weighted by atomic mass is 9.84. The molecule has 6 heteroatoms. The summed E-state index contributed by atoms with van der Waals surface area (Å²) in [5, 5.41) is 8.46. The molecule has 24 heavy (non-hydrogen) atoms. The molecule has 1 heterocycles. The first kappa shape index (κ1) is 17.8. The van der Waals surface area contributed by atoms with Crippen molar-refractivity contribution in [2.75, 3.05) is 6.54 Å². The molecule has 0 bridgehead atoms. The molecule has 0 unspecified atom stereocenters. The lowest BCUT2D eigenvalue weighted by Crippen LogP contribution is -2.30. The van der Waals surface area contributed by atoms with Crippen molar-refractivity contribution in [1.82, 2.24) is 19.6 Å². The van der Waals surface area contributed by atoms with Crippen molar-refractivity contribution in [3.63, 3.8) is 0 Å². The summed E-state index contributed by atoms with van der Waals surface area (Å²) in [6.07, 6.45) is 5.97. The van der Waals surface area contributed by atoms with Crippen molar-refractivity contribution in [2.45, 2.75) is 51.0 Å². The molecule has 4 nitrogen and oxygen atoms in total. The number of rotatable bonds is 7. The topological polar surface area (TPSA) is 52.7 Å². The summed E-state index contributed by atoms with van der Waals surface area (Å²) in [5.41, 5.74) is 3.30. The molecule has 0 amide bonds. The number of halogens is 1. The number of nitrogens with zero attached hydrogens (tertiary/aromatic N) is 1. The molecule has 1 saturated carbocycles. The van der Waals surface area contributed by atoms with E-state index in [0.29, 0.717) is 12.0 Å². The number of aromatic amines is 1. The maximum Gasteiger partial charge on any atom is 0.0924 e. The molecule has 0 radical (unpaired) electrons. The van der Waals surface area contributed by atoms with E-state index in [0.717, 1.165) is 29.2 Å². The van der Waals surface area contributed by atoms with E-state index in [2.05, 4.69) is 32.6 Å². The van der Waals surface area contributed by atoms with Crippen LogP contribution in [0.25, 0.3) is 11.3 Å². The third-order valence-electron chi connectivity index (χ3n) is 4.53. The molecular formula is C18H25ClN4S. The Kier molecular flexibility index (Phi) is 6.60. The van der Waals surface area contributed by atoms with Crippen molar-refractivity contribution in [2.24, 2.45) is 0 Å². The van der Waals surface area contributed by atoms with Crippen LogP contribution in [0.2, 0.25) is 5.02 Å². The fourth-order valence-corrected chi connectivity index (χ4v) is 4.12. The van der Waals surface area contributed by atoms with Crippen molar-refractivity contribution in [1.29, 1.82) is 0 Å². The van der Waals surface area contributed by atoms with Gasteiger partial charge in [0.2, 0.25) is 0 Å². The molecule has 1 aliphatic carbocycles. The van der Waals surface area contributed by atoms with Crippen LogP contribution in [-0.4, -0.2) is 22.8 Å². The maximum atomic E-state index is 6.08. The summed E-state index contributed by atoms with van der Waals surface area (Å²) >= 11 is 7.73. The first-order chi connectivity index (χ1) is 11.8. The van der Waals surface area contributed by atoms with Gasteiger partial charge in [-0.2, -0.15) is 5.10 Å². The lowest BCUT2D eigenvalue weighted by molar-refractivity contribution is 0.376. The Morgan fingerprint density at radius 3 is 2.83 bits per heavy atom. The Morgan fingerprint density at radius 1 is 1.25 bits per heavy atom. The number of aromatic nitrogens is 2. The van der Waals surface area contributed by atoms with E-state index < -0.39 is 0 Å². The summed E-state index contributed by atoms with van der Waals surface area (Å²) < 4.78 is 6.86. The SMILES string of the molecule is CCCNSNC1CCC(c2cc(-c3cccc(Cl)c3)n[nH]2)CC1. The Morgan fingerprint density at radius 2 is 2.08 bits per heavy atom. The Bertz CT molecular complexity index is 637. The van der Waals surface area contributed by atoms with Gasteiger partial charge in [-0.25, -0.2) is 4.72 Å². The minimum atomic E-state index is 0.581. The first-order valence-corrected chi connectivity index (χ1v) is 9.91.